The van der Waals surface area contributed by atoms with Crippen molar-refractivity contribution in [3.63, 3.8) is 0 Å². The van der Waals surface area contributed by atoms with E-state index in [1.54, 1.807) is 0 Å². The zero-order valence-corrected chi connectivity index (χ0v) is 11.1. The fourth-order valence-electron chi connectivity index (χ4n) is 1.78. The molecule has 0 fully saturated rings. The van der Waals surface area contributed by atoms with Gasteiger partial charge in [0.25, 0.3) is 0 Å². The minimum Gasteiger partial charge on any atom is -0.334 e. The van der Waals surface area contributed by atoms with Gasteiger partial charge in [0.15, 0.2) is 0 Å². The smallest absolute Gasteiger partial charge is 0.334 e. The Kier molecular flexibility index (Phi) is 5.82. The van der Waals surface area contributed by atoms with Crippen molar-refractivity contribution in [2.45, 2.75) is 32.0 Å². The monoisotopic (exact) mass is 289 g/mol. The minimum absolute atomic E-state index is 0.238. The van der Waals surface area contributed by atoms with Crippen LogP contribution in [-0.4, -0.2) is 18.6 Å². The van der Waals surface area contributed by atoms with E-state index in [1.165, 1.54) is 18.2 Å². The lowest BCUT2D eigenvalue weighted by atomic mass is 10.1. The molecule has 7 heteroatoms. The average Bonchev–Trinajstić information content (AvgIpc) is 2.37. The molecule has 4 N–H and O–H groups in total. The highest BCUT2D eigenvalue weighted by Crippen LogP contribution is 2.34. The third kappa shape index (κ3) is 4.73. The number of carbonyl (C=O) groups excluding carboxylic acids is 1. The Bertz CT molecular complexity index is 449. The molecule has 4 nitrogen and oxygen atoms in total. The average molecular weight is 289 g/mol. The number of nitrogens with two attached hydrogens (primary N) is 1. The number of anilines is 1. The van der Waals surface area contributed by atoms with Gasteiger partial charge in [-0.25, -0.2) is 4.79 Å². The molecular formula is C13H18F3N3O. The van der Waals surface area contributed by atoms with E-state index < -0.39 is 17.8 Å². The molecule has 2 amide bonds. The molecule has 0 bridgehead atoms. The van der Waals surface area contributed by atoms with E-state index >= 15 is 0 Å². The van der Waals surface area contributed by atoms with Gasteiger partial charge in [0.2, 0.25) is 0 Å². The van der Waals surface area contributed by atoms with E-state index in [9.17, 15) is 18.0 Å². The zero-order chi connectivity index (χ0) is 15.2. The first-order chi connectivity index (χ1) is 9.38. The molecule has 0 saturated heterocycles. The van der Waals surface area contributed by atoms with Crippen LogP contribution in [-0.2, 0) is 6.18 Å². The highest BCUT2D eigenvalue weighted by atomic mass is 19.4. The second-order valence-electron chi connectivity index (χ2n) is 4.36. The maximum absolute atomic E-state index is 12.8. The predicted octanol–water partition coefficient (Wildman–Crippen LogP) is 2.95. The summed E-state index contributed by atoms with van der Waals surface area (Å²) in [4.78, 5) is 11.7. The standard InChI is InChI=1S/C13H18F3N3O/c1-2-5-9(8-17)18-12(20)19-11-7-4-3-6-10(11)13(14,15)16/h3-4,6-7,9H,2,5,8,17H2,1H3,(H2,18,19,20). The molecule has 0 heterocycles. The number of benzene rings is 1. The van der Waals surface area contributed by atoms with Crippen molar-refractivity contribution in [2.24, 2.45) is 5.73 Å². The van der Waals surface area contributed by atoms with Crippen molar-refractivity contribution in [3.8, 4) is 0 Å². The number of hydrogen-bond donors (Lipinski definition) is 3. The van der Waals surface area contributed by atoms with Gasteiger partial charge in [0.1, 0.15) is 0 Å². The van der Waals surface area contributed by atoms with E-state index in [4.69, 9.17) is 5.73 Å². The number of urea groups is 1. The van der Waals surface area contributed by atoms with Gasteiger partial charge < -0.3 is 16.4 Å². The van der Waals surface area contributed by atoms with Crippen LogP contribution in [0.1, 0.15) is 25.3 Å². The lowest BCUT2D eigenvalue weighted by Crippen LogP contribution is -2.42. The molecule has 0 aliphatic rings. The number of rotatable bonds is 5. The van der Waals surface area contributed by atoms with Crippen LogP contribution in [0.2, 0.25) is 0 Å². The molecule has 0 saturated carbocycles. The molecule has 0 aliphatic carbocycles. The summed E-state index contributed by atoms with van der Waals surface area (Å²) in [6.45, 7) is 2.17. The number of para-hydroxylation sites is 1. The normalized spacial score (nSPS) is 12.8. The fourth-order valence-corrected chi connectivity index (χ4v) is 1.78. The minimum atomic E-state index is -4.51. The first kappa shape index (κ1) is 16.3. The van der Waals surface area contributed by atoms with E-state index in [0.29, 0.717) is 6.42 Å². The van der Waals surface area contributed by atoms with Gasteiger partial charge in [0.05, 0.1) is 11.3 Å². The predicted molar refractivity (Wildman–Crippen MR) is 71.3 cm³/mol. The van der Waals surface area contributed by atoms with Crippen LogP contribution in [0.4, 0.5) is 23.7 Å². The van der Waals surface area contributed by atoms with Crippen LogP contribution in [0.3, 0.4) is 0 Å². The highest BCUT2D eigenvalue weighted by Gasteiger charge is 2.33. The van der Waals surface area contributed by atoms with E-state index in [2.05, 4.69) is 10.6 Å². The molecule has 0 aromatic heterocycles. The second-order valence-corrected chi connectivity index (χ2v) is 4.36. The molecule has 1 rings (SSSR count). The molecule has 1 aromatic rings. The van der Waals surface area contributed by atoms with Crippen LogP contribution in [0.5, 0.6) is 0 Å². The van der Waals surface area contributed by atoms with Crippen molar-refractivity contribution < 1.29 is 18.0 Å². The van der Waals surface area contributed by atoms with Gasteiger partial charge in [-0.05, 0) is 18.6 Å². The van der Waals surface area contributed by atoms with Crippen LogP contribution in [0.15, 0.2) is 24.3 Å². The Morgan fingerprint density at radius 1 is 1.35 bits per heavy atom. The quantitative estimate of drug-likeness (QED) is 0.780. The van der Waals surface area contributed by atoms with Crippen molar-refractivity contribution in [1.82, 2.24) is 5.32 Å². The Balaban J connectivity index is 2.76. The SMILES string of the molecule is CCCC(CN)NC(=O)Nc1ccccc1C(F)(F)F. The Morgan fingerprint density at radius 2 is 2.00 bits per heavy atom. The van der Waals surface area contributed by atoms with Gasteiger partial charge in [-0.2, -0.15) is 13.2 Å². The zero-order valence-electron chi connectivity index (χ0n) is 11.1. The lowest BCUT2D eigenvalue weighted by molar-refractivity contribution is -0.136. The first-order valence-corrected chi connectivity index (χ1v) is 6.32. The summed E-state index contributed by atoms with van der Waals surface area (Å²) in [5.41, 5.74) is 4.32. The van der Waals surface area contributed by atoms with Crippen LogP contribution < -0.4 is 16.4 Å². The number of alkyl halides is 3. The maximum Gasteiger partial charge on any atom is 0.418 e. The van der Waals surface area contributed by atoms with E-state index in [1.807, 2.05) is 6.92 Å². The van der Waals surface area contributed by atoms with Crippen molar-refractivity contribution in [3.05, 3.63) is 29.8 Å². The van der Waals surface area contributed by atoms with E-state index in [-0.39, 0.29) is 18.3 Å². The third-order valence-corrected chi connectivity index (χ3v) is 2.74. The van der Waals surface area contributed by atoms with Crippen LogP contribution in [0.25, 0.3) is 0 Å². The lowest BCUT2D eigenvalue weighted by Gasteiger charge is -2.18. The molecule has 20 heavy (non-hydrogen) atoms. The fraction of sp³-hybridized carbons (Fsp3) is 0.462. The molecule has 0 radical (unpaired) electrons. The summed E-state index contributed by atoms with van der Waals surface area (Å²) in [6, 6.07) is 3.88. The summed E-state index contributed by atoms with van der Waals surface area (Å²) in [5, 5.41) is 4.77. The number of nitrogens with one attached hydrogen (secondary N) is 2. The molecular weight excluding hydrogens is 271 g/mol. The van der Waals surface area contributed by atoms with Crippen molar-refractivity contribution >= 4 is 11.7 Å². The number of carbonyl (C=O) groups is 1. The molecule has 1 aromatic carbocycles. The van der Waals surface area contributed by atoms with Gasteiger partial charge in [-0.1, -0.05) is 25.5 Å². The Labute approximate surface area is 115 Å². The summed E-state index contributed by atoms with van der Waals surface area (Å²) in [6.07, 6.45) is -3.02. The highest BCUT2D eigenvalue weighted by molar-refractivity contribution is 5.90. The summed E-state index contributed by atoms with van der Waals surface area (Å²) in [7, 11) is 0. The van der Waals surface area contributed by atoms with Crippen LogP contribution in [0, 0.1) is 0 Å². The number of hydrogen-bond acceptors (Lipinski definition) is 2. The summed E-state index contributed by atoms with van der Waals surface area (Å²) < 4.78 is 38.3. The molecule has 1 atom stereocenters. The van der Waals surface area contributed by atoms with E-state index in [0.717, 1.165) is 12.5 Å². The summed E-state index contributed by atoms with van der Waals surface area (Å²) >= 11 is 0. The summed E-state index contributed by atoms with van der Waals surface area (Å²) in [5.74, 6) is 0. The van der Waals surface area contributed by atoms with Crippen LogP contribution >= 0.6 is 0 Å². The molecule has 0 spiro atoms. The topological polar surface area (TPSA) is 67.1 Å². The van der Waals surface area contributed by atoms with Gasteiger partial charge in [-0.3, -0.25) is 0 Å². The second kappa shape index (κ2) is 7.14. The molecule has 112 valence electrons. The van der Waals surface area contributed by atoms with Crippen molar-refractivity contribution in [1.29, 1.82) is 0 Å². The number of halogens is 3. The Morgan fingerprint density at radius 3 is 2.55 bits per heavy atom. The molecule has 1 unspecified atom stereocenters. The Hall–Kier alpha value is -1.76. The first-order valence-electron chi connectivity index (χ1n) is 6.32. The number of amides is 2. The largest absolute Gasteiger partial charge is 0.418 e. The maximum atomic E-state index is 12.8. The van der Waals surface area contributed by atoms with Gasteiger partial charge in [0, 0.05) is 12.6 Å². The third-order valence-electron chi connectivity index (χ3n) is 2.74. The van der Waals surface area contributed by atoms with Gasteiger partial charge >= 0.3 is 12.2 Å². The molecule has 0 aliphatic heterocycles. The van der Waals surface area contributed by atoms with Gasteiger partial charge in [-0.15, -0.1) is 0 Å². The van der Waals surface area contributed by atoms with Crippen molar-refractivity contribution in [2.75, 3.05) is 11.9 Å².